The van der Waals surface area contributed by atoms with E-state index in [-0.39, 0.29) is 46.9 Å². The zero-order chi connectivity index (χ0) is 29.8. The summed E-state index contributed by atoms with van der Waals surface area (Å²) in [6.45, 7) is 0.347. The highest BCUT2D eigenvalue weighted by atomic mass is 79.9. The van der Waals surface area contributed by atoms with Gasteiger partial charge in [-0.2, -0.15) is 0 Å². The summed E-state index contributed by atoms with van der Waals surface area (Å²) in [7, 11) is 4.31. The van der Waals surface area contributed by atoms with E-state index >= 15 is 0 Å². The number of carbonyl (C=O) groups excluding carboxylic acids is 2. The first kappa shape index (κ1) is 29.6. The molecule has 0 amide bonds. The van der Waals surface area contributed by atoms with Gasteiger partial charge in [0.25, 0.3) is 11.2 Å². The van der Waals surface area contributed by atoms with Crippen molar-refractivity contribution in [3.8, 4) is 22.8 Å². The van der Waals surface area contributed by atoms with Crippen molar-refractivity contribution in [1.82, 2.24) is 9.55 Å². The minimum atomic E-state index is -0.966. The van der Waals surface area contributed by atoms with Crippen molar-refractivity contribution < 1.29 is 28.7 Å². The average molecular weight is 673 g/mol. The summed E-state index contributed by atoms with van der Waals surface area (Å²) in [6.07, 6.45) is 1.30. The monoisotopic (exact) mass is 671 g/mol. The molecule has 4 aromatic rings. The number of non-ortho nitro benzene ring substituents is 1. The molecule has 2 aromatic heterocycles. The summed E-state index contributed by atoms with van der Waals surface area (Å²) in [4.78, 5) is 54.8. The molecule has 0 N–H and O–H groups in total. The van der Waals surface area contributed by atoms with Crippen LogP contribution in [-0.2, 0) is 11.3 Å². The number of aromatic nitrogens is 2. The lowest BCUT2D eigenvalue weighted by Crippen LogP contribution is -2.23. The van der Waals surface area contributed by atoms with Crippen LogP contribution < -0.4 is 15.0 Å². The average Bonchev–Trinajstić information content (AvgIpc) is 3.27. The van der Waals surface area contributed by atoms with E-state index in [2.05, 4.69) is 20.9 Å². The van der Waals surface area contributed by atoms with Crippen LogP contribution in [0.3, 0.4) is 0 Å². The van der Waals surface area contributed by atoms with E-state index in [1.165, 1.54) is 57.5 Å². The van der Waals surface area contributed by atoms with Crippen molar-refractivity contribution in [2.75, 3.05) is 24.8 Å². The number of pyridine rings is 2. The number of methoxy groups -OCH3 is 1. The number of halogens is 1. The molecule has 0 bridgehead atoms. The van der Waals surface area contributed by atoms with Gasteiger partial charge in [-0.15, -0.1) is 0 Å². The van der Waals surface area contributed by atoms with Gasteiger partial charge in [0.15, 0.2) is 17.3 Å². The minimum Gasteiger partial charge on any atom is -0.493 e. The normalized spacial score (nSPS) is 11.7. The van der Waals surface area contributed by atoms with Crippen LogP contribution >= 0.6 is 37.5 Å². The van der Waals surface area contributed by atoms with Gasteiger partial charge in [-0.1, -0.05) is 32.8 Å². The van der Waals surface area contributed by atoms with E-state index in [1.807, 2.05) is 18.2 Å². The molecule has 0 saturated heterocycles. The number of nitrogens with zero attached hydrogens (tertiary/aromatic N) is 3. The predicted octanol–water partition coefficient (Wildman–Crippen LogP) is 6.27. The van der Waals surface area contributed by atoms with E-state index in [0.29, 0.717) is 34.1 Å². The third-order valence-corrected chi connectivity index (χ3v) is 9.16. The van der Waals surface area contributed by atoms with Crippen LogP contribution in [0.4, 0.5) is 10.5 Å². The molecule has 0 aliphatic heterocycles. The van der Waals surface area contributed by atoms with E-state index in [0.717, 1.165) is 5.03 Å². The summed E-state index contributed by atoms with van der Waals surface area (Å²) in [5.41, 5.74) is 0.566. The topological polar surface area (TPSA) is 140 Å². The molecule has 1 aliphatic carbocycles. The SMILES string of the molecule is COc1cc2c(cc1OC(=O)OCCSSc1ccccn1)C(=O)c1c-2n(CCCBr)c(=O)c2cc([N+](=O)[O-])ccc12. The summed E-state index contributed by atoms with van der Waals surface area (Å²) in [5.74, 6) is 0.222. The van der Waals surface area contributed by atoms with Crippen LogP contribution in [-0.4, -0.2) is 51.2 Å². The number of ketones is 1. The van der Waals surface area contributed by atoms with Crippen molar-refractivity contribution in [2.45, 2.75) is 18.0 Å². The molecule has 42 heavy (non-hydrogen) atoms. The highest BCUT2D eigenvalue weighted by molar-refractivity contribution is 9.09. The van der Waals surface area contributed by atoms with Gasteiger partial charge in [0.1, 0.15) is 11.6 Å². The van der Waals surface area contributed by atoms with Crippen LogP contribution in [0.15, 0.2) is 64.5 Å². The van der Waals surface area contributed by atoms with E-state index in [4.69, 9.17) is 14.2 Å². The fraction of sp³-hybridized carbons (Fsp3) is 0.214. The number of hydrogen-bond donors (Lipinski definition) is 0. The second-order valence-corrected chi connectivity index (χ2v) is 12.1. The molecule has 216 valence electrons. The van der Waals surface area contributed by atoms with Crippen molar-refractivity contribution >= 4 is 65.9 Å². The summed E-state index contributed by atoms with van der Waals surface area (Å²) < 4.78 is 17.5. The summed E-state index contributed by atoms with van der Waals surface area (Å²) in [5, 5.41) is 13.2. The quantitative estimate of drug-likeness (QED) is 0.0299. The molecule has 2 heterocycles. The summed E-state index contributed by atoms with van der Waals surface area (Å²) in [6, 6.07) is 12.4. The molecule has 14 heteroatoms. The number of hydrogen-bond acceptors (Lipinski definition) is 11. The van der Waals surface area contributed by atoms with Gasteiger partial charge in [-0.25, -0.2) is 9.78 Å². The molecule has 0 saturated carbocycles. The lowest BCUT2D eigenvalue weighted by Gasteiger charge is -2.15. The molecule has 0 spiro atoms. The number of carbonyl (C=O) groups is 2. The Hall–Kier alpha value is -3.88. The van der Waals surface area contributed by atoms with E-state index in [1.54, 1.807) is 12.3 Å². The first-order valence-electron chi connectivity index (χ1n) is 12.6. The van der Waals surface area contributed by atoms with Crippen LogP contribution in [0.25, 0.3) is 22.0 Å². The predicted molar refractivity (Wildman–Crippen MR) is 163 cm³/mol. The number of fused-ring (bicyclic) bond motifs is 5. The Bertz CT molecular complexity index is 1760. The number of nitro benzene ring substituents is 1. The number of rotatable bonds is 11. The van der Waals surface area contributed by atoms with Crippen molar-refractivity contribution in [2.24, 2.45) is 0 Å². The Morgan fingerprint density at radius 1 is 1.10 bits per heavy atom. The Kier molecular flexibility index (Phi) is 9.14. The number of benzene rings is 2. The number of alkyl halides is 1. The minimum absolute atomic E-state index is 0.0211. The lowest BCUT2D eigenvalue weighted by molar-refractivity contribution is -0.384. The van der Waals surface area contributed by atoms with Crippen LogP contribution in [0, 0.1) is 10.1 Å². The van der Waals surface area contributed by atoms with Gasteiger partial charge < -0.3 is 18.8 Å². The lowest BCUT2D eigenvalue weighted by atomic mass is 10.0. The second kappa shape index (κ2) is 13.0. The highest BCUT2D eigenvalue weighted by Crippen LogP contribution is 2.45. The smallest absolute Gasteiger partial charge is 0.493 e. The van der Waals surface area contributed by atoms with Crippen molar-refractivity contribution in [3.05, 3.63) is 86.3 Å². The fourth-order valence-electron chi connectivity index (χ4n) is 4.59. The molecule has 0 fully saturated rings. The molecular formula is C28H22BrN3O8S2. The summed E-state index contributed by atoms with van der Waals surface area (Å²) >= 11 is 3.37. The van der Waals surface area contributed by atoms with Crippen molar-refractivity contribution in [1.29, 1.82) is 0 Å². The molecule has 0 atom stereocenters. The fourth-order valence-corrected chi connectivity index (χ4v) is 6.54. The number of nitro groups is 1. The van der Waals surface area contributed by atoms with Gasteiger partial charge in [0.05, 0.1) is 28.7 Å². The van der Waals surface area contributed by atoms with Gasteiger partial charge in [0.2, 0.25) is 0 Å². The van der Waals surface area contributed by atoms with Gasteiger partial charge in [-0.3, -0.25) is 19.7 Å². The third-order valence-electron chi connectivity index (χ3n) is 6.37. The zero-order valence-corrected chi connectivity index (χ0v) is 25.3. The van der Waals surface area contributed by atoms with E-state index in [9.17, 15) is 24.5 Å². The van der Waals surface area contributed by atoms with Crippen LogP contribution in [0.1, 0.15) is 22.3 Å². The molecule has 2 aromatic carbocycles. The zero-order valence-electron chi connectivity index (χ0n) is 22.0. The maximum Gasteiger partial charge on any atom is 0.514 e. The van der Waals surface area contributed by atoms with Gasteiger partial charge in [0, 0.05) is 52.5 Å². The third kappa shape index (κ3) is 5.87. The first-order chi connectivity index (χ1) is 20.3. The maximum absolute atomic E-state index is 13.8. The molecular weight excluding hydrogens is 650 g/mol. The van der Waals surface area contributed by atoms with E-state index < -0.39 is 22.4 Å². The molecule has 5 rings (SSSR count). The van der Waals surface area contributed by atoms with Crippen LogP contribution in [0.2, 0.25) is 0 Å². The Balaban J connectivity index is 1.43. The Morgan fingerprint density at radius 3 is 2.62 bits per heavy atom. The van der Waals surface area contributed by atoms with Crippen LogP contribution in [0.5, 0.6) is 11.5 Å². The molecule has 1 aliphatic rings. The largest absolute Gasteiger partial charge is 0.514 e. The van der Waals surface area contributed by atoms with Crippen molar-refractivity contribution in [3.63, 3.8) is 0 Å². The maximum atomic E-state index is 13.8. The molecule has 0 unspecified atom stereocenters. The highest BCUT2D eigenvalue weighted by Gasteiger charge is 2.35. The molecule has 0 radical (unpaired) electrons. The number of ether oxygens (including phenoxy) is 3. The Labute approximate surface area is 255 Å². The van der Waals surface area contributed by atoms with Gasteiger partial charge >= 0.3 is 6.16 Å². The standard InChI is InChI=1S/C28H22BrN3O8S2/c1-38-21-14-18-19(15-22(21)40-28(35)39-11-12-41-42-23-5-2-3-9-30-23)26(33)24-17-7-6-16(32(36)37)13-20(17)27(34)31(25(18)24)10-4-8-29/h2-3,5-7,9,13-15H,4,8,10-12H2,1H3. The first-order valence-corrected chi connectivity index (χ1v) is 16.0. The molecule has 11 nitrogen and oxygen atoms in total. The Morgan fingerprint density at radius 2 is 1.90 bits per heavy atom. The van der Waals surface area contributed by atoms with Gasteiger partial charge in [-0.05, 0) is 47.5 Å². The second-order valence-electron chi connectivity index (χ2n) is 8.86.